The molecular weight excluding hydrogens is 260 g/mol. The highest BCUT2D eigenvalue weighted by Crippen LogP contribution is 2.44. The SMILES string of the molecule is C=C(O[Si](C(C)C)(C(C)C)C(C)C)c1ccc(C)cc1. The van der Waals surface area contributed by atoms with Crippen LogP contribution < -0.4 is 0 Å². The minimum atomic E-state index is -1.89. The first kappa shape index (κ1) is 17.0. The van der Waals surface area contributed by atoms with Gasteiger partial charge in [-0.3, -0.25) is 0 Å². The molecule has 0 unspecified atom stereocenters. The Bertz CT molecular complexity index is 421. The van der Waals surface area contributed by atoms with E-state index in [4.69, 9.17) is 4.43 Å². The fourth-order valence-corrected chi connectivity index (χ4v) is 8.62. The summed E-state index contributed by atoms with van der Waals surface area (Å²) < 4.78 is 6.59. The van der Waals surface area contributed by atoms with Crippen LogP contribution >= 0.6 is 0 Å². The number of hydrogen-bond donors (Lipinski definition) is 0. The maximum absolute atomic E-state index is 6.59. The van der Waals surface area contributed by atoms with Gasteiger partial charge in [0, 0.05) is 5.56 Å². The predicted octanol–water partition coefficient (Wildman–Crippen LogP) is 6.16. The standard InChI is InChI=1S/C18H30OSi/c1-13(2)20(14(3)4,15(5)6)19-17(8)18-11-9-16(7)10-12-18/h9-15H,8H2,1-7H3. The van der Waals surface area contributed by atoms with Crippen molar-refractivity contribution in [3.63, 3.8) is 0 Å². The van der Waals surface area contributed by atoms with Gasteiger partial charge in [0.05, 0.1) is 0 Å². The van der Waals surface area contributed by atoms with Gasteiger partial charge in [-0.1, -0.05) is 78.0 Å². The van der Waals surface area contributed by atoms with Crippen LogP contribution in [0.2, 0.25) is 16.6 Å². The van der Waals surface area contributed by atoms with E-state index in [9.17, 15) is 0 Å². The van der Waals surface area contributed by atoms with E-state index in [0.29, 0.717) is 16.6 Å². The molecule has 0 aliphatic heterocycles. The topological polar surface area (TPSA) is 9.23 Å². The van der Waals surface area contributed by atoms with Crippen LogP contribution in [0.1, 0.15) is 52.7 Å². The first-order valence-electron chi connectivity index (χ1n) is 7.66. The molecule has 0 spiro atoms. The average molecular weight is 291 g/mol. The second kappa shape index (κ2) is 6.62. The molecule has 0 atom stereocenters. The zero-order valence-corrected chi connectivity index (χ0v) is 15.2. The lowest BCUT2D eigenvalue weighted by atomic mass is 10.1. The highest BCUT2D eigenvalue weighted by Gasteiger charge is 2.47. The normalized spacial score (nSPS) is 12.3. The van der Waals surface area contributed by atoms with Crippen LogP contribution in [0.3, 0.4) is 0 Å². The van der Waals surface area contributed by atoms with Gasteiger partial charge < -0.3 is 4.43 Å². The van der Waals surface area contributed by atoms with E-state index >= 15 is 0 Å². The Balaban J connectivity index is 3.07. The van der Waals surface area contributed by atoms with Crippen molar-refractivity contribution in [2.75, 3.05) is 0 Å². The van der Waals surface area contributed by atoms with E-state index in [1.54, 1.807) is 0 Å². The molecule has 1 aromatic carbocycles. The third-order valence-corrected chi connectivity index (χ3v) is 10.4. The largest absolute Gasteiger partial charge is 0.543 e. The first-order valence-corrected chi connectivity index (χ1v) is 9.80. The summed E-state index contributed by atoms with van der Waals surface area (Å²) in [6.07, 6.45) is 0. The lowest BCUT2D eigenvalue weighted by molar-refractivity contribution is 0.445. The second-order valence-electron chi connectivity index (χ2n) is 6.71. The van der Waals surface area contributed by atoms with Gasteiger partial charge in [0.25, 0.3) is 8.32 Å². The first-order chi connectivity index (χ1) is 9.21. The molecule has 0 aliphatic rings. The Kier molecular flexibility index (Phi) is 5.64. The van der Waals surface area contributed by atoms with Crippen molar-refractivity contribution in [3.05, 3.63) is 42.0 Å². The van der Waals surface area contributed by atoms with E-state index in [-0.39, 0.29) is 0 Å². The number of hydrogen-bond acceptors (Lipinski definition) is 1. The zero-order chi connectivity index (χ0) is 15.5. The molecule has 0 aliphatic carbocycles. The molecule has 0 N–H and O–H groups in total. The van der Waals surface area contributed by atoms with Crippen LogP contribution in [0.25, 0.3) is 5.76 Å². The summed E-state index contributed by atoms with van der Waals surface area (Å²) in [5.41, 5.74) is 4.09. The number of aryl methyl sites for hydroxylation is 1. The molecule has 0 radical (unpaired) electrons. The van der Waals surface area contributed by atoms with Crippen molar-refractivity contribution in [2.45, 2.75) is 65.1 Å². The summed E-state index contributed by atoms with van der Waals surface area (Å²) in [4.78, 5) is 0. The van der Waals surface area contributed by atoms with E-state index in [1.807, 2.05) is 0 Å². The smallest absolute Gasteiger partial charge is 0.258 e. The fraction of sp³-hybridized carbons (Fsp3) is 0.556. The summed E-state index contributed by atoms with van der Waals surface area (Å²) >= 11 is 0. The molecule has 20 heavy (non-hydrogen) atoms. The Hall–Kier alpha value is -1.02. The molecule has 1 rings (SSSR count). The molecule has 0 bridgehead atoms. The summed E-state index contributed by atoms with van der Waals surface area (Å²) in [7, 11) is -1.89. The zero-order valence-electron chi connectivity index (χ0n) is 14.2. The van der Waals surface area contributed by atoms with Crippen molar-refractivity contribution in [1.82, 2.24) is 0 Å². The van der Waals surface area contributed by atoms with Gasteiger partial charge in [0.15, 0.2) is 0 Å². The Morgan fingerprint density at radius 3 is 1.65 bits per heavy atom. The molecule has 0 amide bonds. The molecule has 2 heteroatoms. The van der Waals surface area contributed by atoms with E-state index in [0.717, 1.165) is 11.3 Å². The van der Waals surface area contributed by atoms with Crippen LogP contribution in [0.4, 0.5) is 0 Å². The summed E-state index contributed by atoms with van der Waals surface area (Å²) in [6.45, 7) is 20.1. The van der Waals surface area contributed by atoms with Crippen molar-refractivity contribution < 1.29 is 4.43 Å². The number of benzene rings is 1. The van der Waals surface area contributed by atoms with Gasteiger partial charge in [0.2, 0.25) is 0 Å². The van der Waals surface area contributed by atoms with E-state index in [2.05, 4.69) is 79.3 Å². The van der Waals surface area contributed by atoms with Gasteiger partial charge in [0.1, 0.15) is 5.76 Å². The van der Waals surface area contributed by atoms with E-state index in [1.165, 1.54) is 5.56 Å². The highest BCUT2D eigenvalue weighted by molar-refractivity contribution is 6.78. The Morgan fingerprint density at radius 2 is 1.30 bits per heavy atom. The average Bonchev–Trinajstić information content (AvgIpc) is 2.35. The monoisotopic (exact) mass is 290 g/mol. The molecule has 1 aromatic rings. The Labute approximate surface area is 126 Å². The van der Waals surface area contributed by atoms with Crippen molar-refractivity contribution >= 4 is 14.1 Å². The Morgan fingerprint density at radius 1 is 0.900 bits per heavy atom. The molecular formula is C18H30OSi. The minimum absolute atomic E-state index is 0.574. The molecule has 0 aromatic heterocycles. The third-order valence-electron chi connectivity index (χ3n) is 4.38. The van der Waals surface area contributed by atoms with Crippen molar-refractivity contribution in [1.29, 1.82) is 0 Å². The second-order valence-corrected chi connectivity index (χ2v) is 12.1. The molecule has 112 valence electrons. The fourth-order valence-electron chi connectivity index (χ4n) is 3.37. The van der Waals surface area contributed by atoms with Crippen LogP contribution in [0, 0.1) is 6.92 Å². The lowest BCUT2D eigenvalue weighted by Crippen LogP contribution is -2.47. The molecule has 0 saturated heterocycles. The van der Waals surface area contributed by atoms with Crippen molar-refractivity contribution in [2.24, 2.45) is 0 Å². The van der Waals surface area contributed by atoms with Gasteiger partial charge in [-0.25, -0.2) is 0 Å². The highest BCUT2D eigenvalue weighted by atomic mass is 28.4. The van der Waals surface area contributed by atoms with Crippen LogP contribution in [0.5, 0.6) is 0 Å². The number of rotatable bonds is 6. The van der Waals surface area contributed by atoms with Gasteiger partial charge in [-0.2, -0.15) is 0 Å². The summed E-state index contributed by atoms with van der Waals surface area (Å²) in [5.74, 6) is 0.841. The van der Waals surface area contributed by atoms with Crippen LogP contribution in [-0.2, 0) is 4.43 Å². The maximum Gasteiger partial charge on any atom is 0.258 e. The van der Waals surface area contributed by atoms with Gasteiger partial charge in [-0.15, -0.1) is 0 Å². The summed E-state index contributed by atoms with van der Waals surface area (Å²) in [6, 6.07) is 8.45. The van der Waals surface area contributed by atoms with Gasteiger partial charge in [-0.05, 0) is 23.5 Å². The van der Waals surface area contributed by atoms with Crippen LogP contribution in [0.15, 0.2) is 30.8 Å². The third kappa shape index (κ3) is 3.35. The molecule has 0 saturated carbocycles. The predicted molar refractivity (Wildman–Crippen MR) is 92.3 cm³/mol. The quantitative estimate of drug-likeness (QED) is 0.450. The van der Waals surface area contributed by atoms with Gasteiger partial charge >= 0.3 is 0 Å². The van der Waals surface area contributed by atoms with Crippen LogP contribution in [-0.4, -0.2) is 8.32 Å². The molecule has 1 nitrogen and oxygen atoms in total. The minimum Gasteiger partial charge on any atom is -0.543 e. The van der Waals surface area contributed by atoms with E-state index < -0.39 is 8.32 Å². The maximum atomic E-state index is 6.59. The molecule has 0 heterocycles. The van der Waals surface area contributed by atoms with Crippen molar-refractivity contribution in [3.8, 4) is 0 Å². The summed E-state index contributed by atoms with van der Waals surface area (Å²) in [5, 5.41) is 0. The molecule has 0 fully saturated rings. The lowest BCUT2D eigenvalue weighted by Gasteiger charge is -2.42.